The number of aryl methyl sites for hydroxylation is 1. The number of hydrogen-bond acceptors (Lipinski definition) is 3. The molecule has 3 nitrogen and oxygen atoms in total. The van der Waals surface area contributed by atoms with Gasteiger partial charge in [0.05, 0.1) is 0 Å². The van der Waals surface area contributed by atoms with Gasteiger partial charge in [-0.3, -0.25) is 4.79 Å². The Labute approximate surface area is 164 Å². The third-order valence-corrected chi connectivity index (χ3v) is 5.07. The number of carbonyl (C=O) groups excluding carboxylic acids is 1. The highest BCUT2D eigenvalue weighted by Gasteiger charge is 2.23. The van der Waals surface area contributed by atoms with Gasteiger partial charge in [-0.1, -0.05) is 78.9 Å². The minimum atomic E-state index is -0.249. The van der Waals surface area contributed by atoms with E-state index in [-0.39, 0.29) is 23.9 Å². The molecule has 4 rings (SSSR count). The van der Waals surface area contributed by atoms with Gasteiger partial charge in [0.25, 0.3) is 0 Å². The first kappa shape index (κ1) is 17.9. The van der Waals surface area contributed by atoms with E-state index in [1.165, 1.54) is 0 Å². The van der Waals surface area contributed by atoms with Crippen LogP contribution in [0, 0.1) is 6.92 Å². The molecule has 0 bridgehead atoms. The molecule has 0 radical (unpaired) electrons. The molecule has 1 unspecified atom stereocenters. The van der Waals surface area contributed by atoms with Gasteiger partial charge >= 0.3 is 0 Å². The molecule has 1 heterocycles. The molecule has 0 aliphatic heterocycles. The first-order valence-corrected chi connectivity index (χ1v) is 9.36. The summed E-state index contributed by atoms with van der Waals surface area (Å²) in [5.41, 5.74) is 3.81. The van der Waals surface area contributed by atoms with E-state index >= 15 is 0 Å². The van der Waals surface area contributed by atoms with Crippen LogP contribution in [0.3, 0.4) is 0 Å². The van der Waals surface area contributed by atoms with Crippen LogP contribution >= 0.6 is 0 Å². The molecule has 1 N–H and O–H groups in total. The largest absolute Gasteiger partial charge is 0.505 e. The molecule has 1 aromatic heterocycles. The average molecular weight is 367 g/mol. The van der Waals surface area contributed by atoms with E-state index in [9.17, 15) is 9.90 Å². The van der Waals surface area contributed by atoms with Crippen molar-refractivity contribution in [1.82, 2.24) is 4.98 Å². The predicted molar refractivity (Wildman–Crippen MR) is 112 cm³/mol. The normalized spacial score (nSPS) is 12.0. The summed E-state index contributed by atoms with van der Waals surface area (Å²) in [6.45, 7) is 1.90. The number of hydrogen-bond donors (Lipinski definition) is 1. The minimum absolute atomic E-state index is 0.0474. The van der Waals surface area contributed by atoms with E-state index in [1.54, 1.807) is 0 Å². The fraction of sp³-hybridized carbons (Fsp3) is 0.120. The lowest BCUT2D eigenvalue weighted by Crippen LogP contribution is -2.10. The molecule has 1 atom stereocenters. The van der Waals surface area contributed by atoms with Gasteiger partial charge < -0.3 is 5.11 Å². The number of rotatable bonds is 5. The van der Waals surface area contributed by atoms with Gasteiger partial charge in [0.2, 0.25) is 0 Å². The van der Waals surface area contributed by atoms with Crippen molar-refractivity contribution >= 4 is 16.7 Å². The summed E-state index contributed by atoms with van der Waals surface area (Å²) < 4.78 is 0. The average Bonchev–Trinajstić information content (AvgIpc) is 2.74. The minimum Gasteiger partial charge on any atom is -0.505 e. The fourth-order valence-corrected chi connectivity index (χ4v) is 3.59. The predicted octanol–water partition coefficient (Wildman–Crippen LogP) is 5.65. The molecule has 0 aliphatic rings. The van der Waals surface area contributed by atoms with E-state index in [0.29, 0.717) is 11.1 Å². The van der Waals surface area contributed by atoms with Crippen LogP contribution in [0.15, 0.2) is 84.9 Å². The van der Waals surface area contributed by atoms with E-state index in [2.05, 4.69) is 4.98 Å². The molecule has 0 amide bonds. The lowest BCUT2D eigenvalue weighted by Gasteiger charge is -2.19. The molecule has 0 saturated carbocycles. The quantitative estimate of drug-likeness (QED) is 0.464. The van der Waals surface area contributed by atoms with Crippen molar-refractivity contribution in [2.75, 3.05) is 0 Å². The highest BCUT2D eigenvalue weighted by atomic mass is 16.3. The van der Waals surface area contributed by atoms with Gasteiger partial charge in [0, 0.05) is 34.5 Å². The topological polar surface area (TPSA) is 50.2 Å². The Morgan fingerprint density at radius 3 is 2.25 bits per heavy atom. The molecule has 0 saturated heterocycles. The van der Waals surface area contributed by atoms with Crippen molar-refractivity contribution in [3.8, 4) is 5.75 Å². The number of benzene rings is 3. The maximum atomic E-state index is 12.9. The number of phenolic OH excluding ortho intramolecular Hbond substituents is 1. The monoisotopic (exact) mass is 367 g/mol. The Hall–Kier alpha value is -3.46. The van der Waals surface area contributed by atoms with Crippen molar-refractivity contribution in [1.29, 1.82) is 0 Å². The van der Waals surface area contributed by atoms with Crippen molar-refractivity contribution < 1.29 is 9.90 Å². The van der Waals surface area contributed by atoms with Crippen LogP contribution in [0.4, 0.5) is 0 Å². The number of fused-ring (bicyclic) bond motifs is 1. The molecule has 28 heavy (non-hydrogen) atoms. The second-order valence-corrected chi connectivity index (χ2v) is 6.98. The second-order valence-electron chi connectivity index (χ2n) is 6.98. The van der Waals surface area contributed by atoms with Crippen LogP contribution in [-0.2, 0) is 0 Å². The third-order valence-electron chi connectivity index (χ3n) is 5.07. The lowest BCUT2D eigenvalue weighted by atomic mass is 9.84. The second kappa shape index (κ2) is 7.65. The molecule has 0 spiro atoms. The van der Waals surface area contributed by atoms with Crippen LogP contribution in [-0.4, -0.2) is 15.9 Å². The smallest absolute Gasteiger partial charge is 0.163 e. The summed E-state index contributed by atoms with van der Waals surface area (Å²) in [6, 6.07) is 26.9. The van der Waals surface area contributed by atoms with Crippen LogP contribution in [0.25, 0.3) is 10.9 Å². The van der Waals surface area contributed by atoms with E-state index in [0.717, 1.165) is 22.2 Å². The molecule has 0 aliphatic carbocycles. The molecule has 0 fully saturated rings. The first-order valence-electron chi connectivity index (χ1n) is 9.36. The zero-order valence-electron chi connectivity index (χ0n) is 15.7. The van der Waals surface area contributed by atoms with Crippen molar-refractivity contribution in [2.24, 2.45) is 0 Å². The summed E-state index contributed by atoms with van der Waals surface area (Å²) in [7, 11) is 0. The molecular weight excluding hydrogens is 346 g/mol. The van der Waals surface area contributed by atoms with Crippen LogP contribution in [0.2, 0.25) is 0 Å². The maximum absolute atomic E-state index is 12.9. The Balaban J connectivity index is 1.81. The fourth-order valence-electron chi connectivity index (χ4n) is 3.59. The number of Topliss-reactive ketones (excluding diaryl/α,β-unsaturated/α-hetero) is 1. The van der Waals surface area contributed by atoms with Crippen molar-refractivity contribution in [3.63, 3.8) is 0 Å². The molecule has 4 aromatic rings. The molecule has 138 valence electrons. The number of aromatic hydroxyl groups is 1. The zero-order valence-corrected chi connectivity index (χ0v) is 15.7. The van der Waals surface area contributed by atoms with Gasteiger partial charge in [0.1, 0.15) is 11.3 Å². The highest BCUT2D eigenvalue weighted by molar-refractivity contribution is 5.97. The summed E-state index contributed by atoms with van der Waals surface area (Å²) in [5, 5.41) is 11.9. The number of ketones is 1. The lowest BCUT2D eigenvalue weighted by molar-refractivity contribution is 0.0977. The third kappa shape index (κ3) is 3.52. The summed E-state index contributed by atoms with van der Waals surface area (Å²) in [4.78, 5) is 17.4. The Morgan fingerprint density at radius 2 is 1.54 bits per heavy atom. The van der Waals surface area contributed by atoms with Crippen LogP contribution in [0.1, 0.15) is 39.5 Å². The van der Waals surface area contributed by atoms with Gasteiger partial charge in [-0.25, -0.2) is 4.98 Å². The van der Waals surface area contributed by atoms with Gasteiger partial charge in [0.15, 0.2) is 5.78 Å². The highest BCUT2D eigenvalue weighted by Crippen LogP contribution is 2.38. The van der Waals surface area contributed by atoms with Crippen LogP contribution in [0.5, 0.6) is 5.75 Å². The van der Waals surface area contributed by atoms with Crippen LogP contribution < -0.4 is 0 Å². The number of aromatic nitrogens is 1. The molecular formula is C25H21NO2. The number of phenols is 1. The number of carbonyl (C=O) groups is 1. The van der Waals surface area contributed by atoms with E-state index < -0.39 is 0 Å². The number of nitrogens with zero attached hydrogens (tertiary/aromatic N) is 1. The molecule has 3 heteroatoms. The summed E-state index contributed by atoms with van der Waals surface area (Å²) in [5.74, 6) is -0.0531. The summed E-state index contributed by atoms with van der Waals surface area (Å²) in [6.07, 6.45) is 0.277. The van der Waals surface area contributed by atoms with Crippen molar-refractivity contribution in [3.05, 3.63) is 107 Å². The van der Waals surface area contributed by atoms with Gasteiger partial charge in [-0.15, -0.1) is 0 Å². The van der Waals surface area contributed by atoms with Gasteiger partial charge in [-0.05, 0) is 18.6 Å². The first-order chi connectivity index (χ1) is 13.6. The standard InChI is InChI=1S/C25H21NO2/c1-17-12-13-20-14-15-21(25(28)24(20)26-17)22(18-8-4-2-5-9-18)16-23(27)19-10-6-3-7-11-19/h2-15,22,28H,16H2,1H3. The SMILES string of the molecule is Cc1ccc2ccc(C(CC(=O)c3ccccc3)c3ccccc3)c(O)c2n1. The summed E-state index contributed by atoms with van der Waals surface area (Å²) >= 11 is 0. The Bertz CT molecular complexity index is 1120. The van der Waals surface area contributed by atoms with E-state index in [1.807, 2.05) is 91.9 Å². The number of pyridine rings is 1. The molecule has 3 aromatic carbocycles. The maximum Gasteiger partial charge on any atom is 0.163 e. The Morgan fingerprint density at radius 1 is 0.893 bits per heavy atom. The Kier molecular flexibility index (Phi) is 4.90. The zero-order chi connectivity index (χ0) is 19.5. The van der Waals surface area contributed by atoms with E-state index in [4.69, 9.17) is 0 Å². The van der Waals surface area contributed by atoms with Gasteiger partial charge in [-0.2, -0.15) is 0 Å². The van der Waals surface area contributed by atoms with Crippen molar-refractivity contribution in [2.45, 2.75) is 19.3 Å².